The second-order valence-corrected chi connectivity index (χ2v) is 4.72. The van der Waals surface area contributed by atoms with E-state index in [0.29, 0.717) is 23.8 Å². The maximum absolute atomic E-state index is 11.5. The van der Waals surface area contributed by atoms with Crippen LogP contribution in [0.1, 0.15) is 12.5 Å². The highest BCUT2D eigenvalue weighted by Gasteiger charge is 2.25. The zero-order valence-corrected chi connectivity index (χ0v) is 10.5. The molecule has 2 rings (SSSR count). The molecule has 0 aliphatic carbocycles. The van der Waals surface area contributed by atoms with E-state index in [-0.39, 0.29) is 11.9 Å². The number of piperazine rings is 1. The molecule has 1 fully saturated rings. The van der Waals surface area contributed by atoms with Crippen molar-refractivity contribution in [2.75, 3.05) is 18.8 Å². The Morgan fingerprint density at radius 2 is 2.35 bits per heavy atom. The lowest BCUT2D eigenvalue weighted by molar-refractivity contribution is -0.128. The number of anilines is 1. The zero-order chi connectivity index (χ0) is 12.4. The second-order valence-electron chi connectivity index (χ2n) is 4.28. The maximum Gasteiger partial charge on any atom is 0.237 e. The molecule has 1 amide bonds. The summed E-state index contributed by atoms with van der Waals surface area (Å²) in [4.78, 5) is 13.6. The highest BCUT2D eigenvalue weighted by molar-refractivity contribution is 6.30. The number of amides is 1. The highest BCUT2D eigenvalue weighted by atomic mass is 35.5. The van der Waals surface area contributed by atoms with Gasteiger partial charge in [-0.15, -0.1) is 0 Å². The molecule has 0 bridgehead atoms. The molecule has 5 heteroatoms. The van der Waals surface area contributed by atoms with E-state index in [9.17, 15) is 4.79 Å². The molecule has 92 valence electrons. The van der Waals surface area contributed by atoms with Crippen LogP contribution in [0.5, 0.6) is 0 Å². The highest BCUT2D eigenvalue weighted by Crippen LogP contribution is 2.20. The third-order valence-corrected chi connectivity index (χ3v) is 3.34. The normalized spacial score (nSPS) is 21.3. The summed E-state index contributed by atoms with van der Waals surface area (Å²) in [7, 11) is 0. The van der Waals surface area contributed by atoms with Crippen LogP contribution in [0.15, 0.2) is 18.2 Å². The van der Waals surface area contributed by atoms with E-state index < -0.39 is 0 Å². The summed E-state index contributed by atoms with van der Waals surface area (Å²) in [6, 6.07) is 5.36. The molecule has 4 nitrogen and oxygen atoms in total. The molecule has 3 N–H and O–H groups in total. The number of nitrogen functional groups attached to an aromatic ring is 1. The van der Waals surface area contributed by atoms with Gasteiger partial charge in [-0.2, -0.15) is 0 Å². The fraction of sp³-hybridized carbons (Fsp3) is 0.417. The van der Waals surface area contributed by atoms with Crippen molar-refractivity contribution in [2.24, 2.45) is 0 Å². The number of benzene rings is 1. The predicted octanol–water partition coefficient (Wildman–Crippen LogP) is 1.24. The Bertz CT molecular complexity index is 436. The van der Waals surface area contributed by atoms with Crippen LogP contribution in [0, 0.1) is 0 Å². The molecule has 1 heterocycles. The number of carbonyl (C=O) groups is 1. The van der Waals surface area contributed by atoms with Crippen molar-refractivity contribution in [3.8, 4) is 0 Å². The Labute approximate surface area is 106 Å². The van der Waals surface area contributed by atoms with Crippen molar-refractivity contribution in [3.63, 3.8) is 0 Å². The summed E-state index contributed by atoms with van der Waals surface area (Å²) < 4.78 is 0. The molecule has 1 aromatic carbocycles. The first kappa shape index (κ1) is 12.2. The van der Waals surface area contributed by atoms with Crippen LogP contribution < -0.4 is 11.1 Å². The van der Waals surface area contributed by atoms with Gasteiger partial charge in [-0.3, -0.25) is 9.69 Å². The van der Waals surface area contributed by atoms with Crippen molar-refractivity contribution in [1.82, 2.24) is 10.2 Å². The van der Waals surface area contributed by atoms with Crippen molar-refractivity contribution in [2.45, 2.75) is 19.5 Å². The van der Waals surface area contributed by atoms with Gasteiger partial charge in [-0.25, -0.2) is 0 Å². The Hall–Kier alpha value is -1.26. The first-order valence-corrected chi connectivity index (χ1v) is 6.01. The lowest BCUT2D eigenvalue weighted by Crippen LogP contribution is -2.53. The van der Waals surface area contributed by atoms with Gasteiger partial charge >= 0.3 is 0 Å². The lowest BCUT2D eigenvalue weighted by atomic mass is 10.1. The number of hydrogen-bond acceptors (Lipinski definition) is 3. The number of nitrogens with zero attached hydrogens (tertiary/aromatic N) is 1. The number of rotatable bonds is 2. The van der Waals surface area contributed by atoms with Gasteiger partial charge in [-0.1, -0.05) is 17.7 Å². The molecule has 1 aromatic rings. The van der Waals surface area contributed by atoms with E-state index >= 15 is 0 Å². The van der Waals surface area contributed by atoms with Gasteiger partial charge in [-0.05, 0) is 24.6 Å². The second kappa shape index (κ2) is 4.94. The summed E-state index contributed by atoms with van der Waals surface area (Å²) in [5, 5.41) is 3.47. The largest absolute Gasteiger partial charge is 0.398 e. The molecule has 1 aliphatic rings. The Balaban J connectivity index is 2.12. The van der Waals surface area contributed by atoms with Gasteiger partial charge in [0.2, 0.25) is 5.91 Å². The van der Waals surface area contributed by atoms with Crippen LogP contribution in [0.25, 0.3) is 0 Å². The summed E-state index contributed by atoms with van der Waals surface area (Å²) in [6.45, 7) is 4.11. The van der Waals surface area contributed by atoms with Gasteiger partial charge < -0.3 is 11.1 Å². The lowest BCUT2D eigenvalue weighted by Gasteiger charge is -2.33. The Morgan fingerprint density at radius 1 is 1.59 bits per heavy atom. The number of nitrogens with two attached hydrogens (primary N) is 1. The van der Waals surface area contributed by atoms with E-state index in [1.54, 1.807) is 6.07 Å². The number of halogens is 1. The van der Waals surface area contributed by atoms with Crippen molar-refractivity contribution in [3.05, 3.63) is 28.8 Å². The predicted molar refractivity (Wildman–Crippen MR) is 68.7 cm³/mol. The molecule has 17 heavy (non-hydrogen) atoms. The topological polar surface area (TPSA) is 58.4 Å². The fourth-order valence-electron chi connectivity index (χ4n) is 1.97. The summed E-state index contributed by atoms with van der Waals surface area (Å²) in [5.41, 5.74) is 7.59. The van der Waals surface area contributed by atoms with Crippen molar-refractivity contribution < 1.29 is 4.79 Å². The van der Waals surface area contributed by atoms with Gasteiger partial charge in [0.25, 0.3) is 0 Å². The monoisotopic (exact) mass is 253 g/mol. The molecule has 1 atom stereocenters. The fourth-order valence-corrected chi connectivity index (χ4v) is 2.15. The smallest absolute Gasteiger partial charge is 0.237 e. The van der Waals surface area contributed by atoms with Crippen LogP contribution in [0.3, 0.4) is 0 Å². The zero-order valence-electron chi connectivity index (χ0n) is 9.74. The SMILES string of the molecule is CC1C(=O)NCCN1Cc1ccc(Cl)cc1N. The van der Waals surface area contributed by atoms with Crippen molar-refractivity contribution >= 4 is 23.2 Å². The van der Waals surface area contributed by atoms with Crippen LogP contribution >= 0.6 is 11.6 Å². The minimum Gasteiger partial charge on any atom is -0.398 e. The minimum absolute atomic E-state index is 0.0729. The third kappa shape index (κ3) is 2.70. The maximum atomic E-state index is 11.5. The minimum atomic E-state index is -0.112. The van der Waals surface area contributed by atoms with E-state index in [1.165, 1.54) is 0 Å². The van der Waals surface area contributed by atoms with Gasteiger partial charge in [0.1, 0.15) is 0 Å². The molecule has 0 aromatic heterocycles. The molecule has 0 radical (unpaired) electrons. The number of carbonyl (C=O) groups excluding carboxylic acids is 1. The molecule has 1 aliphatic heterocycles. The van der Waals surface area contributed by atoms with Gasteiger partial charge in [0, 0.05) is 30.3 Å². The summed E-state index contributed by atoms with van der Waals surface area (Å²) in [6.07, 6.45) is 0. The van der Waals surface area contributed by atoms with Crippen LogP contribution in [0.2, 0.25) is 5.02 Å². The number of hydrogen-bond donors (Lipinski definition) is 2. The first-order valence-electron chi connectivity index (χ1n) is 5.63. The average Bonchev–Trinajstić information content (AvgIpc) is 2.28. The number of nitrogens with one attached hydrogen (secondary N) is 1. The van der Waals surface area contributed by atoms with E-state index in [2.05, 4.69) is 10.2 Å². The van der Waals surface area contributed by atoms with Crippen LogP contribution in [-0.2, 0) is 11.3 Å². The molecular weight excluding hydrogens is 238 g/mol. The average molecular weight is 254 g/mol. The quantitative estimate of drug-likeness (QED) is 0.780. The van der Waals surface area contributed by atoms with E-state index in [0.717, 1.165) is 12.1 Å². The Kier molecular flexibility index (Phi) is 3.54. The Morgan fingerprint density at radius 3 is 3.06 bits per heavy atom. The standard InChI is InChI=1S/C12H16ClN3O/c1-8-12(17)15-4-5-16(8)7-9-2-3-10(13)6-11(9)14/h2-3,6,8H,4-5,7,14H2,1H3,(H,15,17). The third-order valence-electron chi connectivity index (χ3n) is 3.11. The molecule has 0 spiro atoms. The molecular formula is C12H16ClN3O. The first-order chi connectivity index (χ1) is 8.08. The van der Waals surface area contributed by atoms with Crippen LogP contribution in [-0.4, -0.2) is 29.9 Å². The summed E-state index contributed by atoms with van der Waals surface area (Å²) >= 11 is 5.85. The molecule has 1 saturated heterocycles. The van der Waals surface area contributed by atoms with Gasteiger partial charge in [0.05, 0.1) is 6.04 Å². The van der Waals surface area contributed by atoms with E-state index in [1.807, 2.05) is 19.1 Å². The van der Waals surface area contributed by atoms with Gasteiger partial charge in [0.15, 0.2) is 0 Å². The molecule has 0 saturated carbocycles. The van der Waals surface area contributed by atoms with E-state index in [4.69, 9.17) is 17.3 Å². The summed E-state index contributed by atoms with van der Waals surface area (Å²) in [5.74, 6) is 0.0729. The van der Waals surface area contributed by atoms with Crippen LogP contribution in [0.4, 0.5) is 5.69 Å². The molecule has 1 unspecified atom stereocenters. The van der Waals surface area contributed by atoms with Crippen molar-refractivity contribution in [1.29, 1.82) is 0 Å².